The predicted molar refractivity (Wildman–Crippen MR) is 133 cm³/mol. The summed E-state index contributed by atoms with van der Waals surface area (Å²) >= 11 is 0. The lowest BCUT2D eigenvalue weighted by atomic mass is 10.1. The minimum absolute atomic E-state index is 0.0452. The van der Waals surface area contributed by atoms with Crippen LogP contribution in [-0.2, 0) is 27.2 Å². The molecule has 2 aliphatic heterocycles. The molecule has 7 heteroatoms. The molecule has 1 atom stereocenters. The Bertz CT molecular complexity index is 1310. The number of hydrogen-bond acceptors (Lipinski definition) is 3. The molecule has 0 spiro atoms. The number of para-hydroxylation sites is 1. The van der Waals surface area contributed by atoms with E-state index in [-0.39, 0.29) is 42.9 Å². The number of rotatable bonds is 5. The van der Waals surface area contributed by atoms with Gasteiger partial charge in [0, 0.05) is 36.6 Å². The van der Waals surface area contributed by atoms with Crippen LogP contribution in [0.25, 0.3) is 0 Å². The highest BCUT2D eigenvalue weighted by Gasteiger charge is 2.35. The molecule has 35 heavy (non-hydrogen) atoms. The van der Waals surface area contributed by atoms with E-state index in [1.54, 1.807) is 31.2 Å². The third-order valence-electron chi connectivity index (χ3n) is 6.73. The van der Waals surface area contributed by atoms with Crippen molar-refractivity contribution in [2.24, 2.45) is 5.92 Å². The number of benzene rings is 3. The number of carbonyl (C=O) groups excluding carboxylic acids is 3. The van der Waals surface area contributed by atoms with Crippen LogP contribution in [0.4, 0.5) is 21.5 Å². The molecule has 1 saturated heterocycles. The Kier molecular flexibility index (Phi) is 6.07. The van der Waals surface area contributed by atoms with Gasteiger partial charge in [0.25, 0.3) is 0 Å². The van der Waals surface area contributed by atoms with Gasteiger partial charge in [-0.2, -0.15) is 0 Å². The molecule has 1 N–H and O–H groups in total. The van der Waals surface area contributed by atoms with E-state index in [4.69, 9.17) is 0 Å². The summed E-state index contributed by atoms with van der Waals surface area (Å²) in [6.07, 6.45) is 1.22. The fraction of sp³-hybridized carbons (Fsp3) is 0.250. The summed E-state index contributed by atoms with van der Waals surface area (Å²) in [4.78, 5) is 41.4. The molecule has 3 aromatic carbocycles. The van der Waals surface area contributed by atoms with Crippen LogP contribution in [0.2, 0.25) is 0 Å². The third-order valence-corrected chi connectivity index (χ3v) is 6.73. The van der Waals surface area contributed by atoms with Crippen LogP contribution in [0.3, 0.4) is 0 Å². The average Bonchev–Trinajstić information content (AvgIpc) is 3.46. The van der Waals surface area contributed by atoms with Crippen molar-refractivity contribution in [2.75, 3.05) is 28.2 Å². The van der Waals surface area contributed by atoms with Crippen molar-refractivity contribution in [3.63, 3.8) is 0 Å². The highest BCUT2D eigenvalue weighted by molar-refractivity contribution is 6.03. The third kappa shape index (κ3) is 4.67. The van der Waals surface area contributed by atoms with Gasteiger partial charge in [-0.05, 0) is 60.4 Å². The first kappa shape index (κ1) is 22.8. The lowest BCUT2D eigenvalue weighted by Gasteiger charge is -2.18. The molecule has 0 radical (unpaired) electrons. The molecule has 2 aliphatic rings. The van der Waals surface area contributed by atoms with Gasteiger partial charge in [0.15, 0.2) is 0 Å². The summed E-state index contributed by atoms with van der Waals surface area (Å²) in [5, 5.41) is 2.86. The summed E-state index contributed by atoms with van der Waals surface area (Å²) < 4.78 is 13.9. The Balaban J connectivity index is 1.18. The number of hydrogen-bond donors (Lipinski definition) is 1. The second-order valence-electron chi connectivity index (χ2n) is 9.13. The Morgan fingerprint density at radius 3 is 2.60 bits per heavy atom. The largest absolute Gasteiger partial charge is 0.326 e. The number of nitrogens with one attached hydrogen (secondary N) is 1. The van der Waals surface area contributed by atoms with Gasteiger partial charge in [0.05, 0.1) is 12.3 Å². The molecule has 5 rings (SSSR count). The normalized spacial score (nSPS) is 17.0. The Morgan fingerprint density at radius 2 is 1.83 bits per heavy atom. The Hall–Kier alpha value is -4.00. The van der Waals surface area contributed by atoms with Gasteiger partial charge in [-0.3, -0.25) is 14.4 Å². The fourth-order valence-corrected chi connectivity index (χ4v) is 4.70. The Labute approximate surface area is 203 Å². The zero-order valence-corrected chi connectivity index (χ0v) is 19.5. The van der Waals surface area contributed by atoms with Crippen LogP contribution in [0.1, 0.15) is 23.1 Å². The van der Waals surface area contributed by atoms with E-state index in [0.29, 0.717) is 23.5 Å². The summed E-state index contributed by atoms with van der Waals surface area (Å²) in [6, 6.07) is 19.8. The lowest BCUT2D eigenvalue weighted by Crippen LogP contribution is -2.30. The molecule has 0 aromatic heterocycles. The maximum Gasteiger partial charge on any atom is 0.231 e. The van der Waals surface area contributed by atoms with Gasteiger partial charge in [-0.25, -0.2) is 4.39 Å². The second-order valence-corrected chi connectivity index (χ2v) is 9.13. The summed E-state index contributed by atoms with van der Waals surface area (Å²) in [5.74, 6) is -1.32. The lowest BCUT2D eigenvalue weighted by molar-refractivity contribution is -0.122. The number of nitrogens with zero attached hydrogens (tertiary/aromatic N) is 2. The monoisotopic (exact) mass is 471 g/mol. The smallest absolute Gasteiger partial charge is 0.231 e. The average molecular weight is 472 g/mol. The van der Waals surface area contributed by atoms with Crippen molar-refractivity contribution >= 4 is 34.8 Å². The van der Waals surface area contributed by atoms with Crippen molar-refractivity contribution in [3.8, 4) is 0 Å². The first-order valence-corrected chi connectivity index (χ1v) is 11.7. The predicted octanol–water partition coefficient (Wildman–Crippen LogP) is 4.26. The SMILES string of the molecule is Cc1ccc(N2CC(C(=O)Nc3ccc(CC(=O)N4CCc5ccccc54)cc3)CC2=O)cc1F. The van der Waals surface area contributed by atoms with Crippen LogP contribution < -0.4 is 15.1 Å². The van der Waals surface area contributed by atoms with Gasteiger partial charge < -0.3 is 15.1 Å². The first-order valence-electron chi connectivity index (χ1n) is 11.7. The zero-order chi connectivity index (χ0) is 24.5. The molecular formula is C28H26FN3O3. The standard InChI is InChI=1S/C28H26FN3O3/c1-18-6-11-23(16-24(18)29)32-17-21(15-27(32)34)28(35)30-22-9-7-19(8-10-22)14-26(33)31-13-12-20-4-2-3-5-25(20)31/h2-11,16,21H,12-15,17H2,1H3,(H,30,35). The van der Waals surface area contributed by atoms with Crippen molar-refractivity contribution < 1.29 is 18.8 Å². The van der Waals surface area contributed by atoms with E-state index < -0.39 is 5.92 Å². The van der Waals surface area contributed by atoms with Crippen molar-refractivity contribution in [1.29, 1.82) is 0 Å². The van der Waals surface area contributed by atoms with Crippen LogP contribution in [-0.4, -0.2) is 30.8 Å². The number of fused-ring (bicyclic) bond motifs is 1. The van der Waals surface area contributed by atoms with Crippen molar-refractivity contribution in [2.45, 2.75) is 26.2 Å². The van der Waals surface area contributed by atoms with Crippen molar-refractivity contribution in [3.05, 3.63) is 89.2 Å². The molecule has 6 nitrogen and oxygen atoms in total. The quantitative estimate of drug-likeness (QED) is 0.605. The van der Waals surface area contributed by atoms with Crippen LogP contribution >= 0.6 is 0 Å². The summed E-state index contributed by atoms with van der Waals surface area (Å²) in [7, 11) is 0. The van der Waals surface area contributed by atoms with Crippen LogP contribution in [0.15, 0.2) is 66.7 Å². The van der Waals surface area contributed by atoms with E-state index >= 15 is 0 Å². The second kappa shape index (κ2) is 9.33. The molecule has 1 unspecified atom stereocenters. The minimum atomic E-state index is -0.525. The van der Waals surface area contributed by atoms with Gasteiger partial charge in [-0.1, -0.05) is 36.4 Å². The molecule has 0 saturated carbocycles. The molecule has 0 bridgehead atoms. The summed E-state index contributed by atoms with van der Waals surface area (Å²) in [5.41, 5.74) is 4.60. The van der Waals surface area contributed by atoms with Gasteiger partial charge in [-0.15, -0.1) is 0 Å². The minimum Gasteiger partial charge on any atom is -0.326 e. The number of amides is 3. The summed E-state index contributed by atoms with van der Waals surface area (Å²) in [6.45, 7) is 2.56. The maximum atomic E-state index is 13.9. The highest BCUT2D eigenvalue weighted by Crippen LogP contribution is 2.29. The molecular weight excluding hydrogens is 445 g/mol. The number of aryl methyl sites for hydroxylation is 1. The van der Waals surface area contributed by atoms with E-state index in [9.17, 15) is 18.8 Å². The number of anilines is 3. The highest BCUT2D eigenvalue weighted by atomic mass is 19.1. The fourth-order valence-electron chi connectivity index (χ4n) is 4.70. The van der Waals surface area contributed by atoms with Crippen molar-refractivity contribution in [1.82, 2.24) is 0 Å². The molecule has 2 heterocycles. The molecule has 3 amide bonds. The van der Waals surface area contributed by atoms with Gasteiger partial charge >= 0.3 is 0 Å². The van der Waals surface area contributed by atoms with Gasteiger partial charge in [0.1, 0.15) is 5.82 Å². The van der Waals surface area contributed by atoms with Crippen LogP contribution in [0, 0.1) is 18.7 Å². The van der Waals surface area contributed by atoms with Gasteiger partial charge in [0.2, 0.25) is 17.7 Å². The first-order chi connectivity index (χ1) is 16.9. The number of carbonyl (C=O) groups is 3. The number of halogens is 1. The van der Waals surface area contributed by atoms with E-state index in [1.807, 2.05) is 35.2 Å². The molecule has 1 fully saturated rings. The Morgan fingerprint density at radius 1 is 1.06 bits per heavy atom. The van der Waals surface area contributed by atoms with E-state index in [2.05, 4.69) is 11.4 Å². The molecule has 178 valence electrons. The molecule has 0 aliphatic carbocycles. The zero-order valence-electron chi connectivity index (χ0n) is 19.5. The maximum absolute atomic E-state index is 13.9. The van der Waals surface area contributed by atoms with E-state index in [0.717, 1.165) is 17.7 Å². The van der Waals surface area contributed by atoms with E-state index in [1.165, 1.54) is 16.5 Å². The van der Waals surface area contributed by atoms with Crippen LogP contribution in [0.5, 0.6) is 0 Å². The molecule has 3 aromatic rings. The topological polar surface area (TPSA) is 69.7 Å².